The third-order valence-electron chi connectivity index (χ3n) is 15.9. The first kappa shape index (κ1) is 65.3. The molecular formula is C65H74Br2ClN5O10. The molecule has 0 aliphatic carbocycles. The van der Waals surface area contributed by atoms with E-state index in [4.69, 9.17) is 31.5 Å². The highest BCUT2D eigenvalue weighted by atomic mass is 79.9. The van der Waals surface area contributed by atoms with E-state index in [0.29, 0.717) is 77.0 Å². The van der Waals surface area contributed by atoms with Crippen LogP contribution in [0.4, 0.5) is 21.9 Å². The molecule has 0 aromatic heterocycles. The molecule has 0 unspecified atom stereocenters. The zero-order valence-corrected chi connectivity index (χ0v) is 50.9. The molecule has 0 saturated carbocycles. The zero-order chi connectivity index (χ0) is 57.2. The molecule has 6 aliphatic rings. The summed E-state index contributed by atoms with van der Waals surface area (Å²) in [6, 6.07) is 51.9. The number of hydrogen-bond acceptors (Lipinski definition) is 13. The number of rotatable bonds is 20. The van der Waals surface area contributed by atoms with Crippen LogP contribution in [0.25, 0.3) is 0 Å². The number of hydrogen-bond donors (Lipinski definition) is 3. The molecule has 4 bridgehead atoms. The van der Waals surface area contributed by atoms with Gasteiger partial charge in [0.1, 0.15) is 26.2 Å². The summed E-state index contributed by atoms with van der Waals surface area (Å²) >= 11 is 4.72. The van der Waals surface area contributed by atoms with Crippen molar-refractivity contribution in [2.24, 2.45) is 11.8 Å². The number of nitrogen functional groups attached to an aromatic ring is 1. The van der Waals surface area contributed by atoms with Crippen LogP contribution in [0.15, 0.2) is 170 Å². The van der Waals surface area contributed by atoms with Crippen molar-refractivity contribution in [3.05, 3.63) is 198 Å². The molecule has 0 spiro atoms. The Labute approximate surface area is 512 Å². The van der Waals surface area contributed by atoms with Gasteiger partial charge in [-0.15, -0.1) is 0 Å². The summed E-state index contributed by atoms with van der Waals surface area (Å²) in [4.78, 5) is 74.8. The molecule has 12 rings (SSSR count). The molecule has 440 valence electrons. The van der Waals surface area contributed by atoms with E-state index in [-0.39, 0.29) is 82.1 Å². The van der Waals surface area contributed by atoms with Crippen LogP contribution >= 0.6 is 11.6 Å². The summed E-state index contributed by atoms with van der Waals surface area (Å²) in [5.41, 5.74) is 11.3. The summed E-state index contributed by atoms with van der Waals surface area (Å²) in [6.07, 6.45) is 3.59. The molecular weight excluding hydrogens is 1210 g/mol. The number of benzene rings is 6. The number of quaternary nitrogens is 2. The van der Waals surface area contributed by atoms with Crippen molar-refractivity contribution in [2.45, 2.75) is 70.2 Å². The van der Waals surface area contributed by atoms with Gasteiger partial charge in [-0.05, 0) is 79.1 Å². The number of ether oxygens (including phenoxy) is 4. The maximum Gasteiger partial charge on any atom is 0.403 e. The second kappa shape index (κ2) is 31.7. The van der Waals surface area contributed by atoms with Gasteiger partial charge in [0.2, 0.25) is 11.6 Å². The number of carbonyl (C=O) groups is 6. The number of para-hydroxylation sites is 2. The fourth-order valence-electron chi connectivity index (χ4n) is 11.6. The predicted octanol–water partition coefficient (Wildman–Crippen LogP) is 4.83. The number of nitrogens with one attached hydrogen (secondary N) is 2. The Morgan fingerprint density at radius 3 is 1.23 bits per heavy atom. The van der Waals surface area contributed by atoms with E-state index in [2.05, 4.69) is 15.4 Å². The lowest BCUT2D eigenvalue weighted by atomic mass is 9.82. The van der Waals surface area contributed by atoms with Gasteiger partial charge >= 0.3 is 23.3 Å². The van der Waals surface area contributed by atoms with Gasteiger partial charge in [-0.3, -0.25) is 14.4 Å². The standard InChI is InChI=1S/C33H37N2O5.C29H31N3O3.C3H5ClO2.2BrH/c1-2-39-31(37)21-24-13-15-25(16-14-24)29(36)22-35-19-17-26(18-20-35)30(23-35)40-33(38)32(27-9-5-3-6-10-27)34-28-11-7-4-8-12-28;30-24-13-11-21(12-14-24)26(33)19-32-17-15-22(16-18-32)27(20-32)35-29(34)28(23-7-3-1-4-8-23)31-25-9-5-2-6-10-25;1-2-6-3(4)5;;/h3-16,26,30,32,34H,2,17-23H2,1H3;1-14,22,27-28,31H,15-20H2,(H-,30,33);2H2,1H3;2*1H/q+1;;;;/p-1/t26?,30-,32+,35?;22?,27-,28+,32?;;;/m00.../s1. The van der Waals surface area contributed by atoms with Crippen molar-refractivity contribution >= 4 is 63.6 Å². The summed E-state index contributed by atoms with van der Waals surface area (Å²) in [5.74, 6) is -0.000115. The molecule has 6 aliphatic heterocycles. The van der Waals surface area contributed by atoms with Gasteiger partial charge < -0.3 is 78.2 Å². The van der Waals surface area contributed by atoms with Gasteiger partial charge in [0, 0.05) is 77.3 Å². The summed E-state index contributed by atoms with van der Waals surface area (Å²) in [7, 11) is 0. The van der Waals surface area contributed by atoms with Gasteiger partial charge in [-0.2, -0.15) is 0 Å². The van der Waals surface area contributed by atoms with E-state index in [0.717, 1.165) is 79.9 Å². The Morgan fingerprint density at radius 1 is 0.518 bits per heavy atom. The minimum absolute atomic E-state index is 0. The van der Waals surface area contributed by atoms with Crippen molar-refractivity contribution < 1.29 is 90.6 Å². The van der Waals surface area contributed by atoms with E-state index in [1.54, 1.807) is 50.2 Å². The molecule has 4 N–H and O–H groups in total. The second-order valence-corrected chi connectivity index (χ2v) is 21.7. The zero-order valence-electron chi connectivity index (χ0n) is 46.9. The molecule has 6 heterocycles. The van der Waals surface area contributed by atoms with Gasteiger partial charge in [0.05, 0.1) is 45.8 Å². The summed E-state index contributed by atoms with van der Waals surface area (Å²) in [5, 5.41) is 6.70. The van der Waals surface area contributed by atoms with Crippen molar-refractivity contribution in [1.82, 2.24) is 0 Å². The number of esters is 3. The minimum atomic E-state index is -0.738. The minimum Gasteiger partial charge on any atom is -1.00 e. The summed E-state index contributed by atoms with van der Waals surface area (Å²) in [6.45, 7) is 10.0. The number of piperidine rings is 6. The van der Waals surface area contributed by atoms with Gasteiger partial charge in [-0.25, -0.2) is 14.4 Å². The fraction of sp³-hybridized carbons (Fsp3) is 0.354. The van der Waals surface area contributed by atoms with Crippen molar-refractivity contribution in [2.75, 3.05) is 81.9 Å². The average Bonchev–Trinajstić information content (AvgIpc) is 3.68. The quantitative estimate of drug-likeness (QED) is 0.0236. The van der Waals surface area contributed by atoms with Gasteiger partial charge in [0.15, 0.2) is 24.3 Å². The second-order valence-electron chi connectivity index (χ2n) is 21.4. The first-order valence-corrected chi connectivity index (χ1v) is 28.4. The Hall–Kier alpha value is -6.89. The van der Waals surface area contributed by atoms with Crippen LogP contribution in [0.1, 0.15) is 89.0 Å². The first-order valence-electron chi connectivity index (χ1n) is 28.1. The van der Waals surface area contributed by atoms with Crippen molar-refractivity contribution in [3.63, 3.8) is 0 Å². The number of ketones is 2. The predicted molar refractivity (Wildman–Crippen MR) is 312 cm³/mol. The maximum absolute atomic E-state index is 13.6. The van der Waals surface area contributed by atoms with Crippen LogP contribution in [0.5, 0.6) is 0 Å². The lowest BCUT2D eigenvalue weighted by Gasteiger charge is -2.51. The number of nitrogens with two attached hydrogens (primary N) is 1. The molecule has 15 nitrogen and oxygen atoms in total. The molecule has 18 heteroatoms. The van der Waals surface area contributed by atoms with Crippen molar-refractivity contribution in [1.29, 1.82) is 0 Å². The van der Waals surface area contributed by atoms with Crippen LogP contribution < -0.4 is 50.3 Å². The Morgan fingerprint density at radius 2 is 0.880 bits per heavy atom. The number of carbonyl (C=O) groups excluding carboxylic acids is 6. The Kier molecular flexibility index (Phi) is 24.9. The molecule has 0 amide bonds. The number of nitrogens with zero attached hydrogens (tertiary/aromatic N) is 2. The lowest BCUT2D eigenvalue weighted by molar-refractivity contribution is -0.938. The molecule has 6 aromatic carbocycles. The number of fused-ring (bicyclic) bond motifs is 6. The molecule has 83 heavy (non-hydrogen) atoms. The largest absolute Gasteiger partial charge is 1.00 e. The third kappa shape index (κ3) is 18.6. The van der Waals surface area contributed by atoms with E-state index in [1.165, 1.54) is 0 Å². The van der Waals surface area contributed by atoms with Crippen molar-refractivity contribution in [3.8, 4) is 0 Å². The van der Waals surface area contributed by atoms with Crippen LogP contribution in [-0.2, 0) is 39.8 Å². The Bertz CT molecular complexity index is 3020. The van der Waals surface area contributed by atoms with E-state index >= 15 is 0 Å². The molecule has 6 fully saturated rings. The highest BCUT2D eigenvalue weighted by molar-refractivity contribution is 6.61. The summed E-state index contributed by atoms with van der Waals surface area (Å²) < 4.78 is 22.9. The topological polar surface area (TPSA) is 189 Å². The van der Waals surface area contributed by atoms with Crippen LogP contribution in [-0.4, -0.2) is 122 Å². The van der Waals surface area contributed by atoms with E-state index in [9.17, 15) is 28.8 Å². The molecule has 4 atom stereocenters. The van der Waals surface area contributed by atoms with Gasteiger partial charge in [-0.1, -0.05) is 121 Å². The van der Waals surface area contributed by atoms with Crippen LogP contribution in [0.3, 0.4) is 0 Å². The van der Waals surface area contributed by atoms with Crippen LogP contribution in [0.2, 0.25) is 0 Å². The smallest absolute Gasteiger partial charge is 0.403 e. The molecule has 6 aromatic rings. The van der Waals surface area contributed by atoms with E-state index in [1.807, 2.05) is 133 Å². The Balaban J connectivity index is 0.000000239. The normalized spacial score (nSPS) is 21.3. The van der Waals surface area contributed by atoms with E-state index < -0.39 is 17.5 Å². The van der Waals surface area contributed by atoms with Crippen LogP contribution in [0, 0.1) is 11.8 Å². The molecule has 6 saturated heterocycles. The lowest BCUT2D eigenvalue weighted by Crippen LogP contribution is -3.00. The SMILES string of the molecule is CCOC(=O)Cc1ccc(C(=O)C[N+]23CCC(CC2)[C@@H](OC(=O)[C@H](Nc2ccccc2)c2ccccc2)C3)cc1.CCOC(=O)Cl.Nc1ccc(C(=O)C[N+]23CCC(CC2)[C@@H](OC(=O)[C@H](Nc2ccccc2)c2ccccc2)C3)cc1.[Br-].[Br-]. The fourth-order valence-corrected chi connectivity index (χ4v) is 11.7. The average molecular weight is 1280 g/mol. The van der Waals surface area contributed by atoms with Gasteiger partial charge in [0.25, 0.3) is 0 Å². The highest BCUT2D eigenvalue weighted by Gasteiger charge is 2.50. The highest BCUT2D eigenvalue weighted by Crippen LogP contribution is 2.39. The molecule has 0 radical (unpaired) electrons. The maximum atomic E-state index is 13.6. The number of anilines is 3. The number of Topliss-reactive ketones (excluding diaryl/α,β-unsaturated/α-hetero) is 2. The first-order chi connectivity index (χ1) is 39.2. The monoisotopic (exact) mass is 1280 g/mol. The number of halogens is 3. The third-order valence-corrected chi connectivity index (χ3v) is 16.0.